The van der Waals surface area contributed by atoms with Crippen molar-refractivity contribution in [3.05, 3.63) is 23.9 Å². The van der Waals surface area contributed by atoms with E-state index in [2.05, 4.69) is 17.2 Å². The van der Waals surface area contributed by atoms with Crippen LogP contribution in [0.15, 0.2) is 18.3 Å². The molecule has 0 saturated carbocycles. The first-order valence-corrected chi connectivity index (χ1v) is 7.43. The van der Waals surface area contributed by atoms with Gasteiger partial charge in [-0.2, -0.15) is 0 Å². The van der Waals surface area contributed by atoms with Gasteiger partial charge in [0.15, 0.2) is 0 Å². The van der Waals surface area contributed by atoms with Crippen LogP contribution < -0.4 is 5.32 Å². The fourth-order valence-corrected chi connectivity index (χ4v) is 1.89. The van der Waals surface area contributed by atoms with E-state index >= 15 is 0 Å². The number of aromatic nitrogens is 1. The third-order valence-corrected chi connectivity index (χ3v) is 2.82. The Kier molecular flexibility index (Phi) is 6.62. The molecule has 0 aliphatic carbocycles. The standard InChI is InChI=1S/C16H26N2O3/c1-5-6-7-13(19)10-12-8-9-17-14(11-12)18-15(20)21-16(2,3)4/h8-9,11,13,19H,5-7,10H2,1-4H3,(H,17,18,20). The number of hydrogen-bond donors (Lipinski definition) is 2. The van der Waals surface area contributed by atoms with E-state index in [1.54, 1.807) is 33.0 Å². The molecule has 1 amide bonds. The van der Waals surface area contributed by atoms with Crippen molar-refractivity contribution in [1.29, 1.82) is 0 Å². The van der Waals surface area contributed by atoms with Crippen LogP contribution in [0.2, 0.25) is 0 Å². The number of hydrogen-bond acceptors (Lipinski definition) is 4. The molecule has 118 valence electrons. The maximum atomic E-state index is 11.7. The van der Waals surface area contributed by atoms with Crippen LogP contribution in [0.25, 0.3) is 0 Å². The molecule has 1 aromatic heterocycles. The molecule has 0 fully saturated rings. The van der Waals surface area contributed by atoms with Gasteiger partial charge < -0.3 is 9.84 Å². The highest BCUT2D eigenvalue weighted by Gasteiger charge is 2.16. The van der Waals surface area contributed by atoms with Gasteiger partial charge in [0.2, 0.25) is 0 Å². The molecule has 1 aromatic rings. The van der Waals surface area contributed by atoms with Crippen LogP contribution in [-0.2, 0) is 11.2 Å². The average Bonchev–Trinajstić information content (AvgIpc) is 2.34. The number of nitrogens with one attached hydrogen (secondary N) is 1. The summed E-state index contributed by atoms with van der Waals surface area (Å²) in [7, 11) is 0. The molecular weight excluding hydrogens is 268 g/mol. The average molecular weight is 294 g/mol. The summed E-state index contributed by atoms with van der Waals surface area (Å²) in [6.45, 7) is 7.52. The number of carbonyl (C=O) groups is 1. The van der Waals surface area contributed by atoms with E-state index in [4.69, 9.17) is 4.74 Å². The summed E-state index contributed by atoms with van der Waals surface area (Å²) in [5, 5.41) is 12.5. The van der Waals surface area contributed by atoms with Gasteiger partial charge in [-0.25, -0.2) is 9.78 Å². The van der Waals surface area contributed by atoms with E-state index in [1.165, 1.54) is 0 Å². The Hall–Kier alpha value is -1.62. The van der Waals surface area contributed by atoms with Crippen molar-refractivity contribution in [2.24, 2.45) is 0 Å². The molecule has 0 spiro atoms. The number of pyridine rings is 1. The van der Waals surface area contributed by atoms with Crippen molar-refractivity contribution in [3.8, 4) is 0 Å². The SMILES string of the molecule is CCCCC(O)Cc1ccnc(NC(=O)OC(C)(C)C)c1. The van der Waals surface area contributed by atoms with Gasteiger partial charge in [-0.05, 0) is 51.3 Å². The first kappa shape index (κ1) is 17.4. The van der Waals surface area contributed by atoms with E-state index < -0.39 is 11.7 Å². The van der Waals surface area contributed by atoms with Crippen molar-refractivity contribution in [3.63, 3.8) is 0 Å². The molecule has 1 rings (SSSR count). The molecule has 5 heteroatoms. The lowest BCUT2D eigenvalue weighted by molar-refractivity contribution is 0.0635. The lowest BCUT2D eigenvalue weighted by Gasteiger charge is -2.19. The zero-order chi connectivity index (χ0) is 15.9. The van der Waals surface area contributed by atoms with Crippen LogP contribution in [-0.4, -0.2) is 27.9 Å². The Morgan fingerprint density at radius 2 is 2.19 bits per heavy atom. The van der Waals surface area contributed by atoms with Crippen LogP contribution >= 0.6 is 0 Å². The Morgan fingerprint density at radius 3 is 2.81 bits per heavy atom. The van der Waals surface area contributed by atoms with Crippen LogP contribution in [0.4, 0.5) is 10.6 Å². The van der Waals surface area contributed by atoms with Crippen molar-refractivity contribution in [2.45, 2.75) is 65.1 Å². The molecule has 0 bridgehead atoms. The minimum absolute atomic E-state index is 0.360. The molecule has 0 saturated heterocycles. The number of ether oxygens (including phenoxy) is 1. The highest BCUT2D eigenvalue weighted by Crippen LogP contribution is 2.14. The number of amides is 1. The molecule has 0 aliphatic heterocycles. The number of nitrogens with zero attached hydrogens (tertiary/aromatic N) is 1. The highest BCUT2D eigenvalue weighted by atomic mass is 16.6. The quantitative estimate of drug-likeness (QED) is 0.842. The number of anilines is 1. The Balaban J connectivity index is 2.58. The predicted molar refractivity (Wildman–Crippen MR) is 83.3 cm³/mol. The fraction of sp³-hybridized carbons (Fsp3) is 0.625. The van der Waals surface area contributed by atoms with Gasteiger partial charge in [0, 0.05) is 6.20 Å². The zero-order valence-electron chi connectivity index (χ0n) is 13.3. The second-order valence-electron chi connectivity index (χ2n) is 6.18. The van der Waals surface area contributed by atoms with Crippen LogP contribution in [0.1, 0.15) is 52.5 Å². The van der Waals surface area contributed by atoms with Crippen molar-refractivity contribution in [2.75, 3.05) is 5.32 Å². The minimum Gasteiger partial charge on any atom is -0.444 e. The summed E-state index contributed by atoms with van der Waals surface area (Å²) in [5.74, 6) is 0.435. The molecule has 1 heterocycles. The summed E-state index contributed by atoms with van der Waals surface area (Å²) in [6.07, 6.45) is 4.16. The van der Waals surface area contributed by atoms with Crippen molar-refractivity contribution < 1.29 is 14.6 Å². The predicted octanol–water partition coefficient (Wildman–Crippen LogP) is 3.52. The third kappa shape index (κ3) is 7.66. The van der Waals surface area contributed by atoms with E-state index in [0.717, 1.165) is 24.8 Å². The van der Waals surface area contributed by atoms with Gasteiger partial charge in [-0.15, -0.1) is 0 Å². The Labute approximate surface area is 126 Å². The number of aliphatic hydroxyl groups excluding tert-OH is 1. The Morgan fingerprint density at radius 1 is 1.48 bits per heavy atom. The maximum Gasteiger partial charge on any atom is 0.413 e. The third-order valence-electron chi connectivity index (χ3n) is 2.82. The second kappa shape index (κ2) is 7.98. The smallest absolute Gasteiger partial charge is 0.413 e. The molecule has 2 N–H and O–H groups in total. The largest absolute Gasteiger partial charge is 0.444 e. The lowest BCUT2D eigenvalue weighted by Crippen LogP contribution is -2.27. The van der Waals surface area contributed by atoms with Crippen LogP contribution in [0.5, 0.6) is 0 Å². The molecule has 1 atom stereocenters. The van der Waals surface area contributed by atoms with Crippen molar-refractivity contribution in [1.82, 2.24) is 4.98 Å². The Bertz CT molecular complexity index is 455. The lowest BCUT2D eigenvalue weighted by atomic mass is 10.0. The van der Waals surface area contributed by atoms with Crippen molar-refractivity contribution >= 4 is 11.9 Å². The number of rotatable bonds is 6. The second-order valence-corrected chi connectivity index (χ2v) is 6.18. The summed E-state index contributed by atoms with van der Waals surface area (Å²) in [6, 6.07) is 3.61. The van der Waals surface area contributed by atoms with Gasteiger partial charge in [-0.1, -0.05) is 19.8 Å². The van der Waals surface area contributed by atoms with Gasteiger partial charge >= 0.3 is 6.09 Å². The molecular formula is C16H26N2O3. The van der Waals surface area contributed by atoms with E-state index in [1.807, 2.05) is 6.07 Å². The number of carbonyl (C=O) groups excluding carboxylic acids is 1. The summed E-state index contributed by atoms with van der Waals surface area (Å²) in [5.41, 5.74) is 0.401. The van der Waals surface area contributed by atoms with Gasteiger partial charge in [0.25, 0.3) is 0 Å². The molecule has 5 nitrogen and oxygen atoms in total. The van der Waals surface area contributed by atoms with Gasteiger partial charge in [-0.3, -0.25) is 5.32 Å². The first-order valence-electron chi connectivity index (χ1n) is 7.43. The minimum atomic E-state index is -0.544. The summed E-state index contributed by atoms with van der Waals surface area (Å²) >= 11 is 0. The highest BCUT2D eigenvalue weighted by molar-refractivity contribution is 5.83. The fourth-order valence-electron chi connectivity index (χ4n) is 1.89. The monoisotopic (exact) mass is 294 g/mol. The normalized spacial score (nSPS) is 12.8. The van der Waals surface area contributed by atoms with E-state index in [-0.39, 0.29) is 6.10 Å². The molecule has 21 heavy (non-hydrogen) atoms. The molecule has 1 unspecified atom stereocenters. The molecule has 0 radical (unpaired) electrons. The first-order chi connectivity index (χ1) is 9.80. The van der Waals surface area contributed by atoms with Crippen LogP contribution in [0, 0.1) is 0 Å². The summed E-state index contributed by atoms with van der Waals surface area (Å²) < 4.78 is 5.18. The van der Waals surface area contributed by atoms with E-state index in [9.17, 15) is 9.90 Å². The zero-order valence-corrected chi connectivity index (χ0v) is 13.3. The summed E-state index contributed by atoms with van der Waals surface area (Å²) in [4.78, 5) is 15.8. The van der Waals surface area contributed by atoms with Gasteiger partial charge in [0.1, 0.15) is 11.4 Å². The number of aliphatic hydroxyl groups is 1. The van der Waals surface area contributed by atoms with Gasteiger partial charge in [0.05, 0.1) is 6.10 Å². The topological polar surface area (TPSA) is 71.5 Å². The maximum absolute atomic E-state index is 11.7. The molecule has 0 aromatic carbocycles. The van der Waals surface area contributed by atoms with E-state index in [0.29, 0.717) is 12.2 Å². The van der Waals surface area contributed by atoms with Crippen LogP contribution in [0.3, 0.4) is 0 Å². The number of unbranched alkanes of at least 4 members (excludes halogenated alkanes) is 1. The molecule has 0 aliphatic rings.